The molecule has 4 heteroatoms. The minimum atomic E-state index is -1.02. The molecule has 0 saturated heterocycles. The van der Waals surface area contributed by atoms with Crippen LogP contribution in [0.2, 0.25) is 0 Å². The second kappa shape index (κ2) is 4.89. The van der Waals surface area contributed by atoms with E-state index < -0.39 is 17.1 Å². The first-order valence-corrected chi connectivity index (χ1v) is 4.94. The highest BCUT2D eigenvalue weighted by Gasteiger charge is 2.28. The Kier molecular flexibility index (Phi) is 3.80. The van der Waals surface area contributed by atoms with Gasteiger partial charge in [0, 0.05) is 11.3 Å². The molecule has 0 spiro atoms. The number of aliphatic hydroxyl groups is 1. The first-order valence-electron chi connectivity index (χ1n) is 4.94. The molecule has 0 aromatic heterocycles. The van der Waals surface area contributed by atoms with Gasteiger partial charge in [-0.25, -0.2) is 0 Å². The van der Waals surface area contributed by atoms with Gasteiger partial charge < -0.3 is 5.11 Å². The fourth-order valence-corrected chi connectivity index (χ4v) is 1.47. The number of hydrogen-bond acceptors (Lipinski definition) is 3. The van der Waals surface area contributed by atoms with E-state index in [1.807, 2.05) is 19.1 Å². The van der Waals surface area contributed by atoms with E-state index >= 15 is 0 Å². The lowest BCUT2D eigenvalue weighted by atomic mass is 10.00. The van der Waals surface area contributed by atoms with E-state index in [0.717, 1.165) is 5.56 Å². The van der Waals surface area contributed by atoms with Crippen LogP contribution in [0.15, 0.2) is 24.3 Å². The zero-order valence-electron chi connectivity index (χ0n) is 8.88. The highest BCUT2D eigenvalue weighted by Crippen LogP contribution is 2.21. The van der Waals surface area contributed by atoms with Gasteiger partial charge in [-0.15, -0.1) is 0 Å². The van der Waals surface area contributed by atoms with Crippen molar-refractivity contribution in [3.05, 3.63) is 45.5 Å². The zero-order valence-corrected chi connectivity index (χ0v) is 8.88. The Morgan fingerprint density at radius 1 is 1.40 bits per heavy atom. The molecule has 2 unspecified atom stereocenters. The zero-order chi connectivity index (χ0) is 11.4. The molecule has 1 aromatic rings. The Bertz CT molecular complexity index is 334. The fraction of sp³-hybridized carbons (Fsp3) is 0.455. The van der Waals surface area contributed by atoms with Crippen molar-refractivity contribution < 1.29 is 10.0 Å². The van der Waals surface area contributed by atoms with Gasteiger partial charge in [0.1, 0.15) is 6.10 Å². The third-order valence-electron chi connectivity index (χ3n) is 2.47. The largest absolute Gasteiger partial charge is 0.381 e. The monoisotopic (exact) mass is 209 g/mol. The highest BCUT2D eigenvalue weighted by molar-refractivity contribution is 5.23. The molecule has 2 atom stereocenters. The summed E-state index contributed by atoms with van der Waals surface area (Å²) >= 11 is 0. The average molecular weight is 209 g/mol. The summed E-state index contributed by atoms with van der Waals surface area (Å²) in [6, 6.07) is 6.21. The van der Waals surface area contributed by atoms with Gasteiger partial charge in [0.15, 0.2) is 0 Å². The number of aryl methyl sites for hydroxylation is 1. The van der Waals surface area contributed by atoms with Gasteiger partial charge in [0.2, 0.25) is 6.04 Å². The maximum absolute atomic E-state index is 10.7. The third kappa shape index (κ3) is 2.76. The molecule has 1 N–H and O–H groups in total. The van der Waals surface area contributed by atoms with Crippen LogP contribution >= 0.6 is 0 Å². The molecular weight excluding hydrogens is 194 g/mol. The smallest absolute Gasteiger partial charge is 0.242 e. The number of rotatable bonds is 4. The van der Waals surface area contributed by atoms with E-state index in [-0.39, 0.29) is 0 Å². The molecule has 0 amide bonds. The van der Waals surface area contributed by atoms with Gasteiger partial charge in [-0.1, -0.05) is 36.8 Å². The van der Waals surface area contributed by atoms with Crippen LogP contribution in [-0.2, 0) is 0 Å². The number of aliphatic hydroxyl groups excluding tert-OH is 1. The summed E-state index contributed by atoms with van der Waals surface area (Å²) in [5.41, 5.74) is 1.67. The number of benzene rings is 1. The normalized spacial score (nSPS) is 14.6. The van der Waals surface area contributed by atoms with Gasteiger partial charge in [-0.3, -0.25) is 10.1 Å². The Balaban J connectivity index is 2.87. The van der Waals surface area contributed by atoms with Crippen molar-refractivity contribution in [1.29, 1.82) is 0 Å². The van der Waals surface area contributed by atoms with Crippen molar-refractivity contribution in [2.45, 2.75) is 32.4 Å². The van der Waals surface area contributed by atoms with Crippen molar-refractivity contribution in [2.24, 2.45) is 0 Å². The topological polar surface area (TPSA) is 63.4 Å². The number of hydrogen-bond donors (Lipinski definition) is 1. The Morgan fingerprint density at radius 2 is 1.93 bits per heavy atom. The number of nitro groups is 1. The lowest BCUT2D eigenvalue weighted by Gasteiger charge is -2.14. The lowest BCUT2D eigenvalue weighted by Crippen LogP contribution is -2.26. The molecular formula is C11H15NO3. The van der Waals surface area contributed by atoms with Crippen LogP contribution in [0, 0.1) is 17.0 Å². The maximum Gasteiger partial charge on any atom is 0.242 e. The summed E-state index contributed by atoms with van der Waals surface area (Å²) in [5.74, 6) is 0. The minimum Gasteiger partial charge on any atom is -0.381 e. The fourth-order valence-electron chi connectivity index (χ4n) is 1.47. The molecule has 82 valence electrons. The van der Waals surface area contributed by atoms with E-state index in [2.05, 4.69) is 0 Å². The molecule has 0 saturated carbocycles. The summed E-state index contributed by atoms with van der Waals surface area (Å²) in [6.07, 6.45) is -0.701. The van der Waals surface area contributed by atoms with Gasteiger partial charge in [0.05, 0.1) is 0 Å². The molecule has 0 aliphatic carbocycles. The summed E-state index contributed by atoms with van der Waals surface area (Å²) in [6.45, 7) is 3.63. The summed E-state index contributed by atoms with van der Waals surface area (Å²) < 4.78 is 0. The van der Waals surface area contributed by atoms with E-state index in [0.29, 0.717) is 12.0 Å². The third-order valence-corrected chi connectivity index (χ3v) is 2.47. The van der Waals surface area contributed by atoms with Crippen molar-refractivity contribution in [1.82, 2.24) is 0 Å². The van der Waals surface area contributed by atoms with Crippen LogP contribution in [0.4, 0.5) is 0 Å². The van der Waals surface area contributed by atoms with Crippen LogP contribution in [0.3, 0.4) is 0 Å². The van der Waals surface area contributed by atoms with Gasteiger partial charge >= 0.3 is 0 Å². The summed E-state index contributed by atoms with van der Waals surface area (Å²) in [4.78, 5) is 10.2. The minimum absolute atomic E-state index is 0.321. The van der Waals surface area contributed by atoms with E-state index in [9.17, 15) is 15.2 Å². The van der Waals surface area contributed by atoms with Crippen molar-refractivity contribution in [2.75, 3.05) is 0 Å². The van der Waals surface area contributed by atoms with Crippen LogP contribution < -0.4 is 0 Å². The molecule has 1 rings (SSSR count). The summed E-state index contributed by atoms with van der Waals surface area (Å²) in [7, 11) is 0. The summed E-state index contributed by atoms with van der Waals surface area (Å²) in [5, 5.41) is 20.5. The Labute approximate surface area is 88.7 Å². The SMILES string of the molecule is CCC(C(O)c1ccc(C)cc1)[N+](=O)[O-]. The number of nitrogens with zero attached hydrogens (tertiary/aromatic N) is 1. The quantitative estimate of drug-likeness (QED) is 0.610. The van der Waals surface area contributed by atoms with Crippen LogP contribution in [-0.4, -0.2) is 16.1 Å². The molecule has 1 aromatic carbocycles. The van der Waals surface area contributed by atoms with E-state index in [4.69, 9.17) is 0 Å². The molecule has 0 fully saturated rings. The van der Waals surface area contributed by atoms with Crippen molar-refractivity contribution in [3.8, 4) is 0 Å². The second-order valence-electron chi connectivity index (χ2n) is 3.62. The average Bonchev–Trinajstić information content (AvgIpc) is 2.19. The predicted molar refractivity (Wildman–Crippen MR) is 57.2 cm³/mol. The molecule has 0 radical (unpaired) electrons. The Hall–Kier alpha value is -1.42. The van der Waals surface area contributed by atoms with Crippen molar-refractivity contribution >= 4 is 0 Å². The van der Waals surface area contributed by atoms with Gasteiger partial charge in [0.25, 0.3) is 0 Å². The van der Waals surface area contributed by atoms with Crippen LogP contribution in [0.5, 0.6) is 0 Å². The molecule has 4 nitrogen and oxygen atoms in total. The van der Waals surface area contributed by atoms with Gasteiger partial charge in [-0.2, -0.15) is 0 Å². The first kappa shape index (κ1) is 11.7. The van der Waals surface area contributed by atoms with E-state index in [1.54, 1.807) is 19.1 Å². The van der Waals surface area contributed by atoms with Crippen molar-refractivity contribution in [3.63, 3.8) is 0 Å². The van der Waals surface area contributed by atoms with Crippen LogP contribution in [0.1, 0.15) is 30.6 Å². The first-order chi connectivity index (χ1) is 7.06. The standard InChI is InChI=1S/C11H15NO3/c1-3-10(12(14)15)11(13)9-6-4-8(2)5-7-9/h4-7,10-11,13H,3H2,1-2H3. The Morgan fingerprint density at radius 3 is 2.33 bits per heavy atom. The second-order valence-corrected chi connectivity index (χ2v) is 3.62. The molecule has 0 heterocycles. The maximum atomic E-state index is 10.7. The molecule has 0 aliphatic rings. The highest BCUT2D eigenvalue weighted by atomic mass is 16.6. The molecule has 15 heavy (non-hydrogen) atoms. The lowest BCUT2D eigenvalue weighted by molar-refractivity contribution is -0.536. The molecule has 0 bridgehead atoms. The molecule has 0 aliphatic heterocycles. The van der Waals surface area contributed by atoms with Crippen LogP contribution in [0.25, 0.3) is 0 Å². The van der Waals surface area contributed by atoms with Gasteiger partial charge in [-0.05, 0) is 12.5 Å². The van der Waals surface area contributed by atoms with E-state index in [1.165, 1.54) is 0 Å². The predicted octanol–water partition coefficient (Wildman–Crippen LogP) is 2.08.